The number of ether oxygens (including phenoxy) is 1. The zero-order chi connectivity index (χ0) is 13.1. The minimum atomic E-state index is -0.866. The van der Waals surface area contributed by atoms with E-state index in [1.165, 1.54) is 6.07 Å². The molecular weight excluding hydrogens is 236 g/mol. The number of benzene rings is 1. The molecule has 0 bridgehead atoms. The van der Waals surface area contributed by atoms with Gasteiger partial charge in [-0.25, -0.2) is 8.78 Å². The van der Waals surface area contributed by atoms with Crippen molar-refractivity contribution >= 4 is 0 Å². The van der Waals surface area contributed by atoms with E-state index < -0.39 is 11.6 Å². The number of nitrogens with two attached hydrogens (primary N) is 1. The first-order valence-electron chi connectivity index (χ1n) is 6.46. The maximum absolute atomic E-state index is 13.3. The average Bonchev–Trinajstić information content (AvgIpc) is 3.15. The van der Waals surface area contributed by atoms with Gasteiger partial charge in [-0.05, 0) is 43.2 Å². The highest BCUT2D eigenvalue weighted by Gasteiger charge is 2.23. The van der Waals surface area contributed by atoms with Gasteiger partial charge in [-0.3, -0.25) is 0 Å². The summed E-state index contributed by atoms with van der Waals surface area (Å²) in [5, 5.41) is 0. The molecule has 0 aliphatic heterocycles. The van der Waals surface area contributed by atoms with Gasteiger partial charge in [0.15, 0.2) is 11.6 Å². The Balaban J connectivity index is 2.14. The molecule has 0 amide bonds. The highest BCUT2D eigenvalue weighted by Crippen LogP contribution is 2.31. The molecule has 100 valence electrons. The Morgan fingerprint density at radius 2 is 2.00 bits per heavy atom. The first-order chi connectivity index (χ1) is 8.60. The largest absolute Gasteiger partial charge is 0.493 e. The second-order valence-electron chi connectivity index (χ2n) is 5.00. The van der Waals surface area contributed by atoms with Gasteiger partial charge in [0.05, 0.1) is 6.61 Å². The first-order valence-corrected chi connectivity index (χ1v) is 6.46. The molecule has 2 rings (SSSR count). The van der Waals surface area contributed by atoms with E-state index in [9.17, 15) is 8.78 Å². The maximum Gasteiger partial charge on any atom is 0.162 e. The molecule has 1 aliphatic carbocycles. The molecule has 1 aliphatic rings. The summed E-state index contributed by atoms with van der Waals surface area (Å²) in [4.78, 5) is 0. The van der Waals surface area contributed by atoms with Crippen molar-refractivity contribution in [2.24, 2.45) is 11.7 Å². The Hall–Kier alpha value is -1.16. The standard InChI is InChI=1S/C14H19F2NO/c1-2-11(17)5-10-6-12(15)13(16)7-14(10)18-8-9-3-4-9/h6-7,9,11H,2-5,8,17H2,1H3. The van der Waals surface area contributed by atoms with Crippen LogP contribution in [0.1, 0.15) is 31.7 Å². The predicted molar refractivity (Wildman–Crippen MR) is 66.5 cm³/mol. The second-order valence-corrected chi connectivity index (χ2v) is 5.00. The van der Waals surface area contributed by atoms with Crippen LogP contribution in [0.15, 0.2) is 12.1 Å². The summed E-state index contributed by atoms with van der Waals surface area (Å²) in [6.07, 6.45) is 3.62. The van der Waals surface area contributed by atoms with Crippen LogP contribution in [0.5, 0.6) is 5.75 Å². The van der Waals surface area contributed by atoms with Crippen LogP contribution in [0, 0.1) is 17.6 Å². The summed E-state index contributed by atoms with van der Waals surface area (Å²) in [7, 11) is 0. The first kappa shape index (κ1) is 13.3. The molecule has 1 aromatic carbocycles. The van der Waals surface area contributed by atoms with E-state index in [-0.39, 0.29) is 6.04 Å². The van der Waals surface area contributed by atoms with Crippen LogP contribution in [-0.2, 0) is 6.42 Å². The molecule has 0 spiro atoms. The Morgan fingerprint density at radius 1 is 1.33 bits per heavy atom. The normalized spacial score (nSPS) is 16.7. The number of hydrogen-bond acceptors (Lipinski definition) is 2. The van der Waals surface area contributed by atoms with Crippen LogP contribution in [0.4, 0.5) is 8.78 Å². The van der Waals surface area contributed by atoms with Crippen molar-refractivity contribution in [2.75, 3.05) is 6.61 Å². The molecule has 1 aromatic rings. The topological polar surface area (TPSA) is 35.2 Å². The summed E-state index contributed by atoms with van der Waals surface area (Å²) in [5.74, 6) is -0.697. The van der Waals surface area contributed by atoms with Gasteiger partial charge in [0.1, 0.15) is 5.75 Å². The van der Waals surface area contributed by atoms with Crippen molar-refractivity contribution in [3.05, 3.63) is 29.3 Å². The Kier molecular flexibility index (Phi) is 4.17. The van der Waals surface area contributed by atoms with Gasteiger partial charge in [0, 0.05) is 12.1 Å². The van der Waals surface area contributed by atoms with E-state index in [0.717, 1.165) is 25.3 Å². The molecule has 2 N–H and O–H groups in total. The number of halogens is 2. The summed E-state index contributed by atoms with van der Waals surface area (Å²) < 4.78 is 32.1. The van der Waals surface area contributed by atoms with E-state index in [2.05, 4.69) is 0 Å². The number of rotatable bonds is 6. The van der Waals surface area contributed by atoms with E-state index in [1.54, 1.807) is 0 Å². The van der Waals surface area contributed by atoms with Crippen molar-refractivity contribution in [2.45, 2.75) is 38.6 Å². The van der Waals surface area contributed by atoms with Crippen molar-refractivity contribution in [3.63, 3.8) is 0 Å². The Bertz CT molecular complexity index is 419. The quantitative estimate of drug-likeness (QED) is 0.848. The van der Waals surface area contributed by atoms with Crippen molar-refractivity contribution in [1.82, 2.24) is 0 Å². The summed E-state index contributed by atoms with van der Waals surface area (Å²) in [5.41, 5.74) is 6.51. The van der Waals surface area contributed by atoms with E-state index in [0.29, 0.717) is 30.3 Å². The lowest BCUT2D eigenvalue weighted by Gasteiger charge is -2.15. The number of hydrogen-bond donors (Lipinski definition) is 1. The van der Waals surface area contributed by atoms with Crippen molar-refractivity contribution in [1.29, 1.82) is 0 Å². The zero-order valence-corrected chi connectivity index (χ0v) is 10.6. The fourth-order valence-corrected chi connectivity index (χ4v) is 1.78. The van der Waals surface area contributed by atoms with E-state index >= 15 is 0 Å². The van der Waals surface area contributed by atoms with Gasteiger partial charge < -0.3 is 10.5 Å². The fraction of sp³-hybridized carbons (Fsp3) is 0.571. The molecule has 0 radical (unpaired) electrons. The monoisotopic (exact) mass is 255 g/mol. The lowest BCUT2D eigenvalue weighted by atomic mass is 10.0. The smallest absolute Gasteiger partial charge is 0.162 e. The predicted octanol–water partition coefficient (Wildman–Crippen LogP) is 3.03. The third-order valence-corrected chi connectivity index (χ3v) is 3.28. The average molecular weight is 255 g/mol. The Labute approximate surface area is 106 Å². The van der Waals surface area contributed by atoms with Crippen LogP contribution in [0.2, 0.25) is 0 Å². The summed E-state index contributed by atoms with van der Waals surface area (Å²) in [6, 6.07) is 2.28. The van der Waals surface area contributed by atoms with Crippen LogP contribution in [0.25, 0.3) is 0 Å². The van der Waals surface area contributed by atoms with Gasteiger partial charge in [0.25, 0.3) is 0 Å². The molecule has 18 heavy (non-hydrogen) atoms. The molecule has 1 saturated carbocycles. The van der Waals surface area contributed by atoms with Gasteiger partial charge in [-0.1, -0.05) is 6.92 Å². The van der Waals surface area contributed by atoms with Gasteiger partial charge in [-0.2, -0.15) is 0 Å². The molecule has 1 atom stereocenters. The highest BCUT2D eigenvalue weighted by atomic mass is 19.2. The van der Waals surface area contributed by atoms with Gasteiger partial charge in [0.2, 0.25) is 0 Å². The Morgan fingerprint density at radius 3 is 2.61 bits per heavy atom. The van der Waals surface area contributed by atoms with Gasteiger partial charge >= 0.3 is 0 Å². The maximum atomic E-state index is 13.3. The van der Waals surface area contributed by atoms with Crippen LogP contribution in [0.3, 0.4) is 0 Å². The summed E-state index contributed by atoms with van der Waals surface area (Å²) in [6.45, 7) is 2.55. The second kappa shape index (κ2) is 5.65. The lowest BCUT2D eigenvalue weighted by Crippen LogP contribution is -2.22. The third-order valence-electron chi connectivity index (χ3n) is 3.28. The fourth-order valence-electron chi connectivity index (χ4n) is 1.78. The molecule has 1 unspecified atom stereocenters. The molecule has 0 aromatic heterocycles. The SMILES string of the molecule is CCC(N)Cc1cc(F)c(F)cc1OCC1CC1. The lowest BCUT2D eigenvalue weighted by molar-refractivity contribution is 0.293. The molecular formula is C14H19F2NO. The van der Waals surface area contributed by atoms with Crippen LogP contribution >= 0.6 is 0 Å². The third kappa shape index (κ3) is 3.42. The van der Waals surface area contributed by atoms with E-state index in [4.69, 9.17) is 10.5 Å². The van der Waals surface area contributed by atoms with Crippen molar-refractivity contribution < 1.29 is 13.5 Å². The van der Waals surface area contributed by atoms with Crippen molar-refractivity contribution in [3.8, 4) is 5.75 Å². The molecule has 4 heteroatoms. The minimum Gasteiger partial charge on any atom is -0.493 e. The van der Waals surface area contributed by atoms with E-state index in [1.807, 2.05) is 6.92 Å². The van der Waals surface area contributed by atoms with Gasteiger partial charge in [-0.15, -0.1) is 0 Å². The molecule has 0 saturated heterocycles. The van der Waals surface area contributed by atoms with Crippen LogP contribution < -0.4 is 10.5 Å². The minimum absolute atomic E-state index is 0.0573. The molecule has 1 fully saturated rings. The molecule has 0 heterocycles. The summed E-state index contributed by atoms with van der Waals surface area (Å²) >= 11 is 0. The zero-order valence-electron chi connectivity index (χ0n) is 10.6. The van der Waals surface area contributed by atoms with Crippen LogP contribution in [-0.4, -0.2) is 12.6 Å². The highest BCUT2D eigenvalue weighted by molar-refractivity contribution is 5.35. The molecule has 2 nitrogen and oxygen atoms in total.